The van der Waals surface area contributed by atoms with Crippen LogP contribution in [0.3, 0.4) is 0 Å². The maximum atomic E-state index is 8.58. The van der Waals surface area contributed by atoms with Gasteiger partial charge in [0.25, 0.3) is 0 Å². The summed E-state index contributed by atoms with van der Waals surface area (Å²) in [5.74, 6) is 0. The molecule has 1 rings (SSSR count). The van der Waals surface area contributed by atoms with Gasteiger partial charge in [-0.3, -0.25) is 4.90 Å². The smallest absolute Gasteiger partial charge is 0.0612 e. The van der Waals surface area contributed by atoms with Gasteiger partial charge in [-0.05, 0) is 25.9 Å². The highest BCUT2D eigenvalue weighted by Gasteiger charge is 2.19. The molecule has 0 amide bonds. The second-order valence-corrected chi connectivity index (χ2v) is 2.95. The second-order valence-electron chi connectivity index (χ2n) is 2.95. The zero-order valence-electron chi connectivity index (χ0n) is 7.16. The fraction of sp³-hybridized carbons (Fsp3) is 0.778. The zero-order chi connectivity index (χ0) is 8.10. The van der Waals surface area contributed by atoms with Gasteiger partial charge in [-0.25, -0.2) is 0 Å². The average molecular weight is 155 g/mol. The van der Waals surface area contributed by atoms with Gasteiger partial charge in [-0.2, -0.15) is 0 Å². The molecule has 0 aromatic rings. The topological polar surface area (TPSA) is 23.5 Å². The highest BCUT2D eigenvalue weighted by atomic mass is 16.2. The molecular weight excluding hydrogens is 138 g/mol. The Hall–Kier alpha value is -0.340. The summed E-state index contributed by atoms with van der Waals surface area (Å²) in [5, 5.41) is 8.58. The van der Waals surface area contributed by atoms with Gasteiger partial charge < -0.3 is 5.11 Å². The third-order valence-corrected chi connectivity index (χ3v) is 2.28. The van der Waals surface area contributed by atoms with E-state index in [1.807, 2.05) is 6.08 Å². The molecule has 1 fully saturated rings. The fourth-order valence-corrected chi connectivity index (χ4v) is 1.68. The van der Waals surface area contributed by atoms with Crippen LogP contribution in [0, 0.1) is 0 Å². The molecule has 1 aliphatic rings. The molecule has 0 saturated carbocycles. The van der Waals surface area contributed by atoms with E-state index in [1.54, 1.807) is 0 Å². The van der Waals surface area contributed by atoms with Gasteiger partial charge in [0.1, 0.15) is 0 Å². The molecular formula is C9H17NO. The minimum Gasteiger partial charge on any atom is -0.392 e. The van der Waals surface area contributed by atoms with E-state index < -0.39 is 0 Å². The summed E-state index contributed by atoms with van der Waals surface area (Å²) in [6.45, 7) is 4.70. The number of rotatable bonds is 3. The van der Waals surface area contributed by atoms with Crippen LogP contribution in [0.1, 0.15) is 19.8 Å². The van der Waals surface area contributed by atoms with E-state index in [1.165, 1.54) is 19.4 Å². The molecule has 0 aromatic heterocycles. The van der Waals surface area contributed by atoms with Crippen LogP contribution in [-0.2, 0) is 0 Å². The SMILES string of the molecule is CCN1CCCC1/C=C\CO. The van der Waals surface area contributed by atoms with Gasteiger partial charge in [0.05, 0.1) is 6.61 Å². The van der Waals surface area contributed by atoms with Crippen molar-refractivity contribution in [2.24, 2.45) is 0 Å². The molecule has 0 aliphatic carbocycles. The van der Waals surface area contributed by atoms with Gasteiger partial charge in [0.2, 0.25) is 0 Å². The number of aliphatic hydroxyl groups excluding tert-OH is 1. The lowest BCUT2D eigenvalue weighted by atomic mass is 10.2. The third kappa shape index (κ3) is 2.31. The summed E-state index contributed by atoms with van der Waals surface area (Å²) >= 11 is 0. The van der Waals surface area contributed by atoms with Crippen molar-refractivity contribution < 1.29 is 5.11 Å². The lowest BCUT2D eigenvalue weighted by molar-refractivity contribution is 0.302. The Morgan fingerprint density at radius 3 is 3.09 bits per heavy atom. The Morgan fingerprint density at radius 1 is 1.64 bits per heavy atom. The number of likely N-dealkylation sites (N-methyl/N-ethyl adjacent to an activating group) is 1. The van der Waals surface area contributed by atoms with Crippen molar-refractivity contribution >= 4 is 0 Å². The third-order valence-electron chi connectivity index (χ3n) is 2.28. The summed E-state index contributed by atoms with van der Waals surface area (Å²) in [5.41, 5.74) is 0. The molecule has 11 heavy (non-hydrogen) atoms. The monoisotopic (exact) mass is 155 g/mol. The summed E-state index contributed by atoms with van der Waals surface area (Å²) < 4.78 is 0. The first-order chi connectivity index (χ1) is 5.38. The molecule has 2 heteroatoms. The van der Waals surface area contributed by atoms with Crippen LogP contribution in [0.15, 0.2) is 12.2 Å². The van der Waals surface area contributed by atoms with Crippen LogP contribution < -0.4 is 0 Å². The minimum absolute atomic E-state index is 0.175. The summed E-state index contributed by atoms with van der Waals surface area (Å²) in [7, 11) is 0. The van der Waals surface area contributed by atoms with Crippen molar-refractivity contribution in [2.75, 3.05) is 19.7 Å². The lowest BCUT2D eigenvalue weighted by Gasteiger charge is -2.18. The molecule has 64 valence electrons. The number of likely N-dealkylation sites (tertiary alicyclic amines) is 1. The fourth-order valence-electron chi connectivity index (χ4n) is 1.68. The summed E-state index contributed by atoms with van der Waals surface area (Å²) in [6, 6.07) is 0.590. The van der Waals surface area contributed by atoms with Crippen molar-refractivity contribution in [3.05, 3.63) is 12.2 Å². The molecule has 1 atom stereocenters. The first kappa shape index (κ1) is 8.75. The van der Waals surface area contributed by atoms with E-state index >= 15 is 0 Å². The van der Waals surface area contributed by atoms with Gasteiger partial charge in [-0.15, -0.1) is 0 Å². The van der Waals surface area contributed by atoms with E-state index in [-0.39, 0.29) is 6.61 Å². The van der Waals surface area contributed by atoms with Gasteiger partial charge in [-0.1, -0.05) is 19.1 Å². The molecule has 1 saturated heterocycles. The average Bonchev–Trinajstić information content (AvgIpc) is 2.47. The first-order valence-corrected chi connectivity index (χ1v) is 4.40. The van der Waals surface area contributed by atoms with Crippen molar-refractivity contribution in [3.63, 3.8) is 0 Å². The normalized spacial score (nSPS) is 26.9. The predicted molar refractivity (Wildman–Crippen MR) is 46.5 cm³/mol. The van der Waals surface area contributed by atoms with Crippen molar-refractivity contribution in [1.82, 2.24) is 4.90 Å². The molecule has 1 N–H and O–H groups in total. The van der Waals surface area contributed by atoms with Crippen LogP contribution >= 0.6 is 0 Å². The Morgan fingerprint density at radius 2 is 2.45 bits per heavy atom. The largest absolute Gasteiger partial charge is 0.392 e. The van der Waals surface area contributed by atoms with E-state index in [9.17, 15) is 0 Å². The summed E-state index contributed by atoms with van der Waals surface area (Å²) in [6.07, 6.45) is 6.52. The quantitative estimate of drug-likeness (QED) is 0.615. The van der Waals surface area contributed by atoms with E-state index in [4.69, 9.17) is 5.11 Å². The standard InChI is InChI=1S/C9H17NO/c1-2-10-7-3-5-9(10)6-4-8-11/h4,6,9,11H,2-3,5,7-8H2,1H3/b6-4-. The molecule has 1 aliphatic heterocycles. The predicted octanol–water partition coefficient (Wildman–Crippen LogP) is 1.02. The van der Waals surface area contributed by atoms with Gasteiger partial charge in [0, 0.05) is 6.04 Å². The Balaban J connectivity index is 2.37. The van der Waals surface area contributed by atoms with Crippen molar-refractivity contribution in [1.29, 1.82) is 0 Å². The molecule has 0 radical (unpaired) electrons. The van der Waals surface area contributed by atoms with Crippen LogP contribution in [0.5, 0.6) is 0 Å². The molecule has 0 spiro atoms. The Bertz CT molecular complexity index is 134. The molecule has 0 bridgehead atoms. The Kier molecular flexibility index (Phi) is 3.60. The lowest BCUT2D eigenvalue weighted by Crippen LogP contribution is -2.27. The zero-order valence-corrected chi connectivity index (χ0v) is 7.16. The van der Waals surface area contributed by atoms with Crippen LogP contribution in [0.4, 0.5) is 0 Å². The minimum atomic E-state index is 0.175. The van der Waals surface area contributed by atoms with Crippen molar-refractivity contribution in [3.8, 4) is 0 Å². The van der Waals surface area contributed by atoms with Crippen LogP contribution in [-0.4, -0.2) is 35.7 Å². The van der Waals surface area contributed by atoms with Gasteiger partial charge >= 0.3 is 0 Å². The molecule has 1 unspecified atom stereocenters. The van der Waals surface area contributed by atoms with E-state index in [0.29, 0.717) is 6.04 Å². The van der Waals surface area contributed by atoms with Crippen LogP contribution in [0.2, 0.25) is 0 Å². The summed E-state index contributed by atoms with van der Waals surface area (Å²) in [4.78, 5) is 2.44. The highest BCUT2D eigenvalue weighted by Crippen LogP contribution is 2.17. The van der Waals surface area contributed by atoms with Crippen LogP contribution in [0.25, 0.3) is 0 Å². The highest BCUT2D eigenvalue weighted by molar-refractivity contribution is 4.97. The first-order valence-electron chi connectivity index (χ1n) is 4.40. The number of hydrogen-bond acceptors (Lipinski definition) is 2. The maximum Gasteiger partial charge on any atom is 0.0612 e. The number of hydrogen-bond donors (Lipinski definition) is 1. The van der Waals surface area contributed by atoms with Gasteiger partial charge in [0.15, 0.2) is 0 Å². The van der Waals surface area contributed by atoms with E-state index in [0.717, 1.165) is 6.54 Å². The molecule has 1 heterocycles. The van der Waals surface area contributed by atoms with E-state index in [2.05, 4.69) is 17.9 Å². The maximum absolute atomic E-state index is 8.58. The molecule has 2 nitrogen and oxygen atoms in total. The Labute approximate surface area is 68.5 Å². The second kappa shape index (κ2) is 4.52. The number of aliphatic hydroxyl groups is 1. The molecule has 0 aromatic carbocycles. The van der Waals surface area contributed by atoms with Crippen molar-refractivity contribution in [2.45, 2.75) is 25.8 Å². The number of nitrogens with zero attached hydrogens (tertiary/aromatic N) is 1.